The first-order valence-electron chi connectivity index (χ1n) is 12.5. The maximum Gasteiger partial charge on any atom is 0.245 e. The molecule has 1 N–H and O–H groups in total. The first-order valence-corrected chi connectivity index (χ1v) is 12.5. The number of carbonyl (C=O) groups excluding carboxylic acids is 2. The lowest BCUT2D eigenvalue weighted by molar-refractivity contribution is -0.135. The molecule has 0 saturated heterocycles. The Hall–Kier alpha value is -3.35. The Bertz CT molecular complexity index is 1110. The molecule has 2 amide bonds. The van der Waals surface area contributed by atoms with E-state index < -0.39 is 0 Å². The lowest BCUT2D eigenvalue weighted by Gasteiger charge is -2.21. The highest BCUT2D eigenvalue weighted by Gasteiger charge is 2.24. The van der Waals surface area contributed by atoms with Crippen molar-refractivity contribution in [3.63, 3.8) is 0 Å². The van der Waals surface area contributed by atoms with E-state index in [0.717, 1.165) is 42.6 Å². The quantitative estimate of drug-likeness (QED) is 0.342. The van der Waals surface area contributed by atoms with E-state index in [-0.39, 0.29) is 30.3 Å². The number of amides is 2. The van der Waals surface area contributed by atoms with Crippen LogP contribution >= 0.6 is 0 Å². The third-order valence-electron chi connectivity index (χ3n) is 5.95. The summed E-state index contributed by atoms with van der Waals surface area (Å²) in [5.41, 5.74) is 2.63. The van der Waals surface area contributed by atoms with Crippen molar-refractivity contribution in [2.45, 2.75) is 78.7 Å². The molecule has 0 aliphatic carbocycles. The topological polar surface area (TPSA) is 80.4 Å². The molecule has 0 bridgehead atoms. The van der Waals surface area contributed by atoms with Gasteiger partial charge >= 0.3 is 0 Å². The van der Waals surface area contributed by atoms with Crippen molar-refractivity contribution in [2.75, 3.05) is 11.9 Å². The van der Waals surface area contributed by atoms with Crippen molar-refractivity contribution in [1.82, 2.24) is 14.7 Å². The van der Waals surface area contributed by atoms with Crippen LogP contribution in [0.25, 0.3) is 5.69 Å². The zero-order valence-corrected chi connectivity index (χ0v) is 21.6. The summed E-state index contributed by atoms with van der Waals surface area (Å²) < 4.78 is 7.22. The highest BCUT2D eigenvalue weighted by molar-refractivity contribution is 5.94. The van der Waals surface area contributed by atoms with E-state index in [1.54, 1.807) is 21.9 Å². The largest absolute Gasteiger partial charge is 0.467 e. The number of nitrogens with one attached hydrogen (secondary N) is 1. The van der Waals surface area contributed by atoms with E-state index >= 15 is 0 Å². The minimum Gasteiger partial charge on any atom is -0.467 e. The molecule has 0 radical (unpaired) electrons. The molecule has 35 heavy (non-hydrogen) atoms. The van der Waals surface area contributed by atoms with Crippen LogP contribution in [0.15, 0.2) is 53.1 Å². The summed E-state index contributed by atoms with van der Waals surface area (Å²) in [5, 5.41) is 7.81. The Morgan fingerprint density at radius 3 is 2.51 bits per heavy atom. The standard InChI is InChI=1S/C28H38N4O3/c1-6-7-8-9-16-27(34)31(19-22-14-12-17-35-22)20-26(33)29-25-18-24(28(3,4)5)30-32(25)23-15-11-10-13-21(23)2/h10-15,17-18H,6-9,16,19-20H2,1-5H3,(H,29,33). The Morgan fingerprint density at radius 1 is 1.09 bits per heavy atom. The lowest BCUT2D eigenvalue weighted by atomic mass is 9.92. The molecule has 0 aliphatic heterocycles. The molecule has 188 valence electrons. The number of aryl methyl sites for hydroxylation is 1. The first-order chi connectivity index (χ1) is 16.7. The summed E-state index contributed by atoms with van der Waals surface area (Å²) >= 11 is 0. The number of hydrogen-bond acceptors (Lipinski definition) is 4. The number of nitrogens with zero attached hydrogens (tertiary/aromatic N) is 3. The highest BCUT2D eigenvalue weighted by Crippen LogP contribution is 2.27. The average molecular weight is 479 g/mol. The van der Waals surface area contributed by atoms with Gasteiger partial charge in [-0.05, 0) is 37.1 Å². The fourth-order valence-corrected chi connectivity index (χ4v) is 3.86. The van der Waals surface area contributed by atoms with E-state index in [1.165, 1.54) is 0 Å². The van der Waals surface area contributed by atoms with Gasteiger partial charge in [0.2, 0.25) is 11.8 Å². The molecule has 2 aromatic heterocycles. The Labute approximate surface area is 208 Å². The van der Waals surface area contributed by atoms with E-state index in [1.807, 2.05) is 43.3 Å². The van der Waals surface area contributed by atoms with Crippen LogP contribution < -0.4 is 5.32 Å². The molecule has 3 rings (SSSR count). The number of anilines is 1. The number of hydrogen-bond donors (Lipinski definition) is 1. The number of benzene rings is 1. The summed E-state index contributed by atoms with van der Waals surface area (Å²) in [6.07, 6.45) is 6.03. The zero-order valence-electron chi connectivity index (χ0n) is 21.6. The zero-order chi connectivity index (χ0) is 25.4. The second-order valence-corrected chi connectivity index (χ2v) is 10.1. The monoisotopic (exact) mass is 478 g/mol. The number of carbonyl (C=O) groups is 2. The summed E-state index contributed by atoms with van der Waals surface area (Å²) in [6.45, 7) is 10.6. The molecule has 7 nitrogen and oxygen atoms in total. The molecular weight excluding hydrogens is 440 g/mol. The fourth-order valence-electron chi connectivity index (χ4n) is 3.86. The van der Waals surface area contributed by atoms with E-state index in [9.17, 15) is 9.59 Å². The Balaban J connectivity index is 1.80. The average Bonchev–Trinajstić information content (AvgIpc) is 3.46. The van der Waals surface area contributed by atoms with Gasteiger partial charge < -0.3 is 14.6 Å². The normalized spacial score (nSPS) is 11.5. The minimum absolute atomic E-state index is 0.0459. The predicted octanol–water partition coefficient (Wildman–Crippen LogP) is 6.01. The van der Waals surface area contributed by atoms with Crippen LogP contribution in [-0.2, 0) is 21.5 Å². The molecule has 1 aromatic carbocycles. The van der Waals surface area contributed by atoms with Gasteiger partial charge in [0, 0.05) is 17.9 Å². The van der Waals surface area contributed by atoms with Gasteiger partial charge in [0.15, 0.2) is 0 Å². The minimum atomic E-state index is -0.270. The molecule has 0 fully saturated rings. The first kappa shape index (κ1) is 26.3. The number of furan rings is 1. The molecule has 0 saturated carbocycles. The Kier molecular flexibility index (Phi) is 8.90. The number of aromatic nitrogens is 2. The summed E-state index contributed by atoms with van der Waals surface area (Å²) in [5.74, 6) is 0.923. The van der Waals surface area contributed by atoms with Gasteiger partial charge in [0.25, 0.3) is 0 Å². The van der Waals surface area contributed by atoms with Crippen LogP contribution in [0.1, 0.15) is 76.8 Å². The molecule has 3 aromatic rings. The van der Waals surface area contributed by atoms with Crippen molar-refractivity contribution >= 4 is 17.6 Å². The van der Waals surface area contributed by atoms with Gasteiger partial charge in [0.1, 0.15) is 18.1 Å². The van der Waals surface area contributed by atoms with Gasteiger partial charge in [-0.3, -0.25) is 9.59 Å². The molecule has 0 atom stereocenters. The summed E-state index contributed by atoms with van der Waals surface area (Å²) in [6, 6.07) is 13.4. The maximum atomic E-state index is 13.2. The third kappa shape index (κ3) is 7.31. The third-order valence-corrected chi connectivity index (χ3v) is 5.95. The Morgan fingerprint density at radius 2 is 1.86 bits per heavy atom. The van der Waals surface area contributed by atoms with Crippen LogP contribution in [0.5, 0.6) is 0 Å². The SMILES string of the molecule is CCCCCCC(=O)N(CC(=O)Nc1cc(C(C)(C)C)nn1-c1ccccc1C)Cc1ccco1. The van der Waals surface area contributed by atoms with Crippen molar-refractivity contribution in [3.8, 4) is 5.69 Å². The fraction of sp³-hybridized carbons (Fsp3) is 0.464. The van der Waals surface area contributed by atoms with Crippen LogP contribution in [-0.4, -0.2) is 33.0 Å². The van der Waals surface area contributed by atoms with Gasteiger partial charge in [0.05, 0.1) is 24.2 Å². The lowest BCUT2D eigenvalue weighted by Crippen LogP contribution is -2.37. The number of rotatable bonds is 11. The van der Waals surface area contributed by atoms with Crippen LogP contribution in [0, 0.1) is 6.92 Å². The second-order valence-electron chi connectivity index (χ2n) is 10.1. The molecule has 0 unspecified atom stereocenters. The summed E-state index contributed by atoms with van der Waals surface area (Å²) in [4.78, 5) is 27.7. The molecule has 0 aliphatic rings. The maximum absolute atomic E-state index is 13.2. The van der Waals surface area contributed by atoms with Crippen molar-refractivity contribution < 1.29 is 14.0 Å². The van der Waals surface area contributed by atoms with E-state index in [0.29, 0.717) is 18.0 Å². The van der Waals surface area contributed by atoms with Crippen molar-refractivity contribution in [2.24, 2.45) is 0 Å². The number of unbranched alkanes of at least 4 members (excludes halogenated alkanes) is 3. The van der Waals surface area contributed by atoms with E-state index in [4.69, 9.17) is 9.52 Å². The van der Waals surface area contributed by atoms with Gasteiger partial charge in [-0.2, -0.15) is 5.10 Å². The van der Waals surface area contributed by atoms with Crippen LogP contribution in [0.3, 0.4) is 0 Å². The van der Waals surface area contributed by atoms with Crippen LogP contribution in [0.4, 0.5) is 5.82 Å². The summed E-state index contributed by atoms with van der Waals surface area (Å²) in [7, 11) is 0. The van der Waals surface area contributed by atoms with Gasteiger partial charge in [-0.25, -0.2) is 4.68 Å². The molecule has 2 heterocycles. The van der Waals surface area contributed by atoms with Crippen molar-refractivity contribution in [1.29, 1.82) is 0 Å². The smallest absolute Gasteiger partial charge is 0.245 e. The molecular formula is C28H38N4O3. The van der Waals surface area contributed by atoms with Crippen LogP contribution in [0.2, 0.25) is 0 Å². The highest BCUT2D eigenvalue weighted by atomic mass is 16.3. The molecule has 7 heteroatoms. The van der Waals surface area contributed by atoms with Crippen molar-refractivity contribution in [3.05, 3.63) is 65.7 Å². The van der Waals surface area contributed by atoms with E-state index in [2.05, 4.69) is 33.0 Å². The van der Waals surface area contributed by atoms with Gasteiger partial charge in [-0.1, -0.05) is 65.2 Å². The molecule has 0 spiro atoms. The second kappa shape index (κ2) is 11.9. The number of para-hydroxylation sites is 1. The predicted molar refractivity (Wildman–Crippen MR) is 139 cm³/mol. The van der Waals surface area contributed by atoms with Gasteiger partial charge in [-0.15, -0.1) is 0 Å².